The van der Waals surface area contributed by atoms with Crippen LogP contribution in [0.3, 0.4) is 0 Å². The van der Waals surface area contributed by atoms with E-state index in [2.05, 4.69) is 32.7 Å². The number of thiophene rings is 1. The molecule has 0 aliphatic carbocycles. The van der Waals surface area contributed by atoms with Crippen LogP contribution in [0, 0.1) is 0 Å². The van der Waals surface area contributed by atoms with Gasteiger partial charge in [-0.3, -0.25) is 9.78 Å². The average molecular weight is 437 g/mol. The SMILES string of the molecule is CNCC[C@H](Oc1ccc(CN2CCN(C)c3cnccc3C2=O)cc1)c1cccs1. The molecule has 3 aromatic rings. The number of benzene rings is 1. The van der Waals surface area contributed by atoms with E-state index in [1.165, 1.54) is 4.88 Å². The van der Waals surface area contributed by atoms with Crippen LogP contribution in [0.1, 0.15) is 33.3 Å². The summed E-state index contributed by atoms with van der Waals surface area (Å²) in [6.07, 6.45) is 4.38. The van der Waals surface area contributed by atoms with E-state index in [0.717, 1.165) is 36.5 Å². The molecule has 0 radical (unpaired) electrons. The molecule has 3 heterocycles. The number of rotatable bonds is 8. The molecule has 0 saturated heterocycles. The van der Waals surface area contributed by atoms with Crippen LogP contribution in [-0.2, 0) is 6.54 Å². The average Bonchev–Trinajstić information content (AvgIpc) is 3.31. The Kier molecular flexibility index (Phi) is 6.84. The zero-order chi connectivity index (χ0) is 21.6. The van der Waals surface area contributed by atoms with Crippen LogP contribution >= 0.6 is 11.3 Å². The van der Waals surface area contributed by atoms with Crippen LogP contribution in [0.4, 0.5) is 5.69 Å². The lowest BCUT2D eigenvalue weighted by molar-refractivity contribution is 0.0755. The van der Waals surface area contributed by atoms with Crippen molar-refractivity contribution in [2.24, 2.45) is 0 Å². The Hall–Kier alpha value is -2.90. The van der Waals surface area contributed by atoms with Gasteiger partial charge in [0.2, 0.25) is 0 Å². The highest BCUT2D eigenvalue weighted by molar-refractivity contribution is 7.10. The first-order valence-electron chi connectivity index (χ1n) is 10.5. The molecule has 1 aliphatic rings. The van der Waals surface area contributed by atoms with E-state index in [4.69, 9.17) is 4.74 Å². The molecule has 1 aliphatic heterocycles. The highest BCUT2D eigenvalue weighted by Gasteiger charge is 2.25. The molecule has 1 aromatic carbocycles. The van der Waals surface area contributed by atoms with Crippen molar-refractivity contribution in [3.05, 3.63) is 76.2 Å². The number of fused-ring (bicyclic) bond motifs is 1. The first kappa shape index (κ1) is 21.3. The summed E-state index contributed by atoms with van der Waals surface area (Å²) in [6, 6.07) is 14.1. The summed E-state index contributed by atoms with van der Waals surface area (Å²) in [7, 11) is 3.96. The van der Waals surface area contributed by atoms with Crippen LogP contribution < -0.4 is 15.0 Å². The first-order chi connectivity index (χ1) is 15.2. The van der Waals surface area contributed by atoms with Gasteiger partial charge < -0.3 is 19.9 Å². The van der Waals surface area contributed by atoms with E-state index in [1.54, 1.807) is 29.8 Å². The summed E-state index contributed by atoms with van der Waals surface area (Å²) in [4.78, 5) is 22.5. The van der Waals surface area contributed by atoms with E-state index in [0.29, 0.717) is 18.7 Å². The predicted octanol–water partition coefficient (Wildman–Crippen LogP) is 3.96. The van der Waals surface area contributed by atoms with Gasteiger partial charge >= 0.3 is 0 Å². The largest absolute Gasteiger partial charge is 0.485 e. The van der Waals surface area contributed by atoms with Crippen molar-refractivity contribution in [3.63, 3.8) is 0 Å². The lowest BCUT2D eigenvalue weighted by atomic mass is 10.1. The van der Waals surface area contributed by atoms with Gasteiger partial charge in [0.1, 0.15) is 11.9 Å². The molecule has 2 aromatic heterocycles. The molecule has 0 fully saturated rings. The lowest BCUT2D eigenvalue weighted by Crippen LogP contribution is -2.33. The first-order valence-corrected chi connectivity index (χ1v) is 11.4. The molecule has 1 N–H and O–H groups in total. The highest BCUT2D eigenvalue weighted by atomic mass is 32.1. The van der Waals surface area contributed by atoms with Crippen molar-refractivity contribution < 1.29 is 9.53 Å². The summed E-state index contributed by atoms with van der Waals surface area (Å²) in [5.74, 6) is 0.892. The van der Waals surface area contributed by atoms with Crippen molar-refractivity contribution in [1.82, 2.24) is 15.2 Å². The maximum atomic E-state index is 13.1. The summed E-state index contributed by atoms with van der Waals surface area (Å²) in [6.45, 7) is 2.91. The predicted molar refractivity (Wildman–Crippen MR) is 125 cm³/mol. The molecule has 7 heteroatoms. The normalized spacial score (nSPS) is 14.8. The number of likely N-dealkylation sites (N-methyl/N-ethyl adjacent to an activating group) is 1. The van der Waals surface area contributed by atoms with Crippen molar-refractivity contribution in [3.8, 4) is 5.75 Å². The van der Waals surface area contributed by atoms with E-state index in [9.17, 15) is 4.79 Å². The number of carbonyl (C=O) groups is 1. The lowest BCUT2D eigenvalue weighted by Gasteiger charge is -2.22. The molecule has 0 bridgehead atoms. The Morgan fingerprint density at radius 2 is 2.03 bits per heavy atom. The van der Waals surface area contributed by atoms with Crippen LogP contribution in [0.2, 0.25) is 0 Å². The molecule has 0 unspecified atom stereocenters. The Morgan fingerprint density at radius 1 is 1.19 bits per heavy atom. The van der Waals surface area contributed by atoms with Gasteiger partial charge in [-0.15, -0.1) is 11.3 Å². The standard InChI is InChI=1S/C24H28N4O2S/c1-25-11-10-22(23-4-3-15-31-23)30-19-7-5-18(6-8-19)17-28-14-13-27(2)21-16-26-12-9-20(21)24(28)29/h3-9,12,15-16,22,25H,10-11,13-14,17H2,1-2H3/t22-/m0/s1. The van der Waals surface area contributed by atoms with Gasteiger partial charge in [-0.1, -0.05) is 18.2 Å². The summed E-state index contributed by atoms with van der Waals surface area (Å²) >= 11 is 1.72. The number of hydrogen-bond acceptors (Lipinski definition) is 6. The Labute approximate surface area is 187 Å². The van der Waals surface area contributed by atoms with Crippen LogP contribution in [-0.4, -0.2) is 49.5 Å². The third kappa shape index (κ3) is 5.06. The third-order valence-electron chi connectivity index (χ3n) is 5.53. The van der Waals surface area contributed by atoms with Crippen LogP contribution in [0.15, 0.2) is 60.2 Å². The molecule has 31 heavy (non-hydrogen) atoms. The van der Waals surface area contributed by atoms with Crippen molar-refractivity contribution in [2.45, 2.75) is 19.1 Å². The monoisotopic (exact) mass is 436 g/mol. The number of ether oxygens (including phenoxy) is 1. The van der Waals surface area contributed by atoms with Crippen molar-refractivity contribution in [2.75, 3.05) is 38.6 Å². The van der Waals surface area contributed by atoms with E-state index < -0.39 is 0 Å². The minimum atomic E-state index is 0.0335. The quantitative estimate of drug-likeness (QED) is 0.579. The fourth-order valence-electron chi connectivity index (χ4n) is 3.75. The Balaban J connectivity index is 1.44. The summed E-state index contributed by atoms with van der Waals surface area (Å²) in [5.41, 5.74) is 2.68. The minimum absolute atomic E-state index is 0.0335. The molecule has 1 amide bonds. The fraction of sp³-hybridized carbons (Fsp3) is 0.333. The number of carbonyl (C=O) groups excluding carboxylic acids is 1. The second kappa shape index (κ2) is 9.94. The number of hydrogen-bond donors (Lipinski definition) is 1. The molecule has 0 spiro atoms. The number of anilines is 1. The van der Waals surface area contributed by atoms with Gasteiger partial charge in [0.15, 0.2) is 0 Å². The molecule has 0 saturated carbocycles. The van der Waals surface area contributed by atoms with Gasteiger partial charge in [0.25, 0.3) is 5.91 Å². The van der Waals surface area contributed by atoms with Crippen molar-refractivity contribution in [1.29, 1.82) is 0 Å². The number of nitrogens with zero attached hydrogens (tertiary/aromatic N) is 3. The second-order valence-electron chi connectivity index (χ2n) is 7.70. The fourth-order valence-corrected chi connectivity index (χ4v) is 4.54. The maximum Gasteiger partial charge on any atom is 0.256 e. The number of pyridine rings is 1. The topological polar surface area (TPSA) is 57.7 Å². The molecule has 1 atom stereocenters. The number of nitrogens with one attached hydrogen (secondary N) is 1. The minimum Gasteiger partial charge on any atom is -0.485 e. The number of aromatic nitrogens is 1. The Bertz CT molecular complexity index is 991. The van der Waals surface area contributed by atoms with E-state index in [1.807, 2.05) is 43.3 Å². The van der Waals surface area contributed by atoms with Gasteiger partial charge in [-0.05, 0) is 48.8 Å². The Morgan fingerprint density at radius 3 is 2.77 bits per heavy atom. The van der Waals surface area contributed by atoms with E-state index in [-0.39, 0.29) is 12.0 Å². The van der Waals surface area contributed by atoms with Crippen molar-refractivity contribution >= 4 is 22.9 Å². The van der Waals surface area contributed by atoms with Gasteiger partial charge in [-0.25, -0.2) is 0 Å². The molecule has 162 valence electrons. The molecular formula is C24H28N4O2S. The molecule has 4 rings (SSSR count). The number of amides is 1. The third-order valence-corrected chi connectivity index (χ3v) is 6.49. The summed E-state index contributed by atoms with van der Waals surface area (Å²) < 4.78 is 6.28. The summed E-state index contributed by atoms with van der Waals surface area (Å²) in [5, 5.41) is 5.28. The smallest absolute Gasteiger partial charge is 0.256 e. The zero-order valence-electron chi connectivity index (χ0n) is 18.0. The van der Waals surface area contributed by atoms with Crippen LogP contribution in [0.5, 0.6) is 5.75 Å². The highest BCUT2D eigenvalue weighted by Crippen LogP contribution is 2.29. The zero-order valence-corrected chi connectivity index (χ0v) is 18.8. The maximum absolute atomic E-state index is 13.1. The van der Waals surface area contributed by atoms with Crippen LogP contribution in [0.25, 0.3) is 0 Å². The van der Waals surface area contributed by atoms with Gasteiger partial charge in [0.05, 0.1) is 17.4 Å². The van der Waals surface area contributed by atoms with E-state index >= 15 is 0 Å². The second-order valence-corrected chi connectivity index (χ2v) is 8.68. The van der Waals surface area contributed by atoms with Gasteiger partial charge in [-0.2, -0.15) is 0 Å². The molecule has 6 nitrogen and oxygen atoms in total. The van der Waals surface area contributed by atoms with Gasteiger partial charge in [0, 0.05) is 44.2 Å². The molecular weight excluding hydrogens is 408 g/mol.